The molecular formula is C11H9N3O3. The number of nitro benzene ring substituents is 1. The summed E-state index contributed by atoms with van der Waals surface area (Å²) in [7, 11) is 0. The second kappa shape index (κ2) is 4.17. The first kappa shape index (κ1) is 11.0. The van der Waals surface area contributed by atoms with Crippen molar-refractivity contribution in [1.82, 2.24) is 9.78 Å². The largest absolute Gasteiger partial charge is 0.294 e. The van der Waals surface area contributed by atoms with Gasteiger partial charge in [0.1, 0.15) is 0 Å². The summed E-state index contributed by atoms with van der Waals surface area (Å²) < 4.78 is 1.50. The summed E-state index contributed by atoms with van der Waals surface area (Å²) in [6.45, 7) is 1.37. The molecule has 6 nitrogen and oxygen atoms in total. The highest BCUT2D eigenvalue weighted by Gasteiger charge is 2.15. The summed E-state index contributed by atoms with van der Waals surface area (Å²) >= 11 is 0. The molecule has 0 aliphatic rings. The molecule has 0 unspecified atom stereocenters. The molecule has 0 saturated carbocycles. The lowest BCUT2D eigenvalue weighted by Crippen LogP contribution is -2.04. The molecule has 1 aromatic carbocycles. The van der Waals surface area contributed by atoms with E-state index < -0.39 is 4.92 Å². The number of Topliss-reactive ketones (excluding diaryl/α,β-unsaturated/α-hetero) is 1. The number of carbonyl (C=O) groups excluding carboxylic acids is 1. The lowest BCUT2D eigenvalue weighted by molar-refractivity contribution is -0.384. The van der Waals surface area contributed by atoms with Crippen LogP contribution >= 0.6 is 0 Å². The molecule has 0 spiro atoms. The number of carbonyl (C=O) groups is 1. The molecule has 0 N–H and O–H groups in total. The van der Waals surface area contributed by atoms with E-state index in [2.05, 4.69) is 5.10 Å². The summed E-state index contributed by atoms with van der Waals surface area (Å²) in [5.74, 6) is -0.237. The van der Waals surface area contributed by atoms with E-state index in [0.717, 1.165) is 0 Å². The molecule has 0 atom stereocenters. The zero-order valence-corrected chi connectivity index (χ0v) is 9.03. The molecule has 0 aliphatic heterocycles. The highest BCUT2D eigenvalue weighted by Crippen LogP contribution is 2.21. The van der Waals surface area contributed by atoms with Gasteiger partial charge in [0.05, 0.1) is 10.6 Å². The van der Waals surface area contributed by atoms with Gasteiger partial charge in [-0.25, -0.2) is 4.68 Å². The summed E-state index contributed by atoms with van der Waals surface area (Å²) in [4.78, 5) is 21.6. The average molecular weight is 231 g/mol. The van der Waals surface area contributed by atoms with Crippen LogP contribution < -0.4 is 0 Å². The Balaban J connectivity index is 2.61. The second-order valence-electron chi connectivity index (χ2n) is 3.47. The monoisotopic (exact) mass is 231 g/mol. The van der Waals surface area contributed by atoms with Crippen LogP contribution in [0.15, 0.2) is 36.7 Å². The number of nitro groups is 1. The van der Waals surface area contributed by atoms with E-state index in [-0.39, 0.29) is 17.0 Å². The number of benzene rings is 1. The topological polar surface area (TPSA) is 78.0 Å². The molecule has 6 heteroatoms. The van der Waals surface area contributed by atoms with Crippen LogP contribution in [0.3, 0.4) is 0 Å². The zero-order chi connectivity index (χ0) is 12.4. The van der Waals surface area contributed by atoms with Crippen LogP contribution in [0.2, 0.25) is 0 Å². The molecule has 1 heterocycles. The predicted molar refractivity (Wildman–Crippen MR) is 60.2 cm³/mol. The van der Waals surface area contributed by atoms with Crippen molar-refractivity contribution in [3.05, 3.63) is 52.3 Å². The van der Waals surface area contributed by atoms with Crippen LogP contribution in [0.5, 0.6) is 0 Å². The van der Waals surface area contributed by atoms with Crippen molar-refractivity contribution in [2.75, 3.05) is 0 Å². The van der Waals surface area contributed by atoms with Gasteiger partial charge in [-0.3, -0.25) is 14.9 Å². The standard InChI is InChI=1S/C11H9N3O3/c1-8(15)10-7-9(14(16)17)3-4-11(10)13-6-2-5-12-13/h2-7H,1H3. The number of hydrogen-bond acceptors (Lipinski definition) is 4. The quantitative estimate of drug-likeness (QED) is 0.459. The molecule has 86 valence electrons. The summed E-state index contributed by atoms with van der Waals surface area (Å²) in [5, 5.41) is 14.6. The van der Waals surface area contributed by atoms with Crippen molar-refractivity contribution in [2.45, 2.75) is 6.92 Å². The predicted octanol–water partition coefficient (Wildman–Crippen LogP) is 1.98. The van der Waals surface area contributed by atoms with E-state index in [1.165, 1.54) is 29.8 Å². The summed E-state index contributed by atoms with van der Waals surface area (Å²) in [5.41, 5.74) is 0.710. The molecular weight excluding hydrogens is 222 g/mol. The molecule has 0 amide bonds. The Morgan fingerprint density at radius 1 is 1.47 bits per heavy atom. The van der Waals surface area contributed by atoms with Gasteiger partial charge in [0.2, 0.25) is 0 Å². The Hall–Kier alpha value is -2.50. The molecule has 0 fully saturated rings. The maximum absolute atomic E-state index is 11.5. The van der Waals surface area contributed by atoms with Gasteiger partial charge in [-0.2, -0.15) is 5.10 Å². The zero-order valence-electron chi connectivity index (χ0n) is 9.03. The van der Waals surface area contributed by atoms with Gasteiger partial charge in [-0.05, 0) is 19.1 Å². The Morgan fingerprint density at radius 3 is 2.76 bits per heavy atom. The first-order valence-corrected chi connectivity index (χ1v) is 4.89. The van der Waals surface area contributed by atoms with Crippen molar-refractivity contribution in [3.63, 3.8) is 0 Å². The van der Waals surface area contributed by atoms with Crippen LogP contribution in [-0.2, 0) is 0 Å². The number of hydrogen-bond donors (Lipinski definition) is 0. The number of rotatable bonds is 3. The molecule has 0 radical (unpaired) electrons. The number of non-ortho nitro benzene ring substituents is 1. The first-order valence-electron chi connectivity index (χ1n) is 4.89. The molecule has 2 aromatic rings. The molecule has 17 heavy (non-hydrogen) atoms. The summed E-state index contributed by atoms with van der Waals surface area (Å²) in [6, 6.07) is 5.84. The Labute approximate surface area is 96.6 Å². The first-order chi connectivity index (χ1) is 8.09. The Bertz CT molecular complexity index is 576. The minimum atomic E-state index is -0.528. The highest BCUT2D eigenvalue weighted by atomic mass is 16.6. The van der Waals surface area contributed by atoms with Crippen molar-refractivity contribution in [2.24, 2.45) is 0 Å². The molecule has 0 saturated heterocycles. The van der Waals surface area contributed by atoms with Crippen LogP contribution in [0.4, 0.5) is 5.69 Å². The van der Waals surface area contributed by atoms with Crippen LogP contribution in [0.1, 0.15) is 17.3 Å². The fourth-order valence-electron chi connectivity index (χ4n) is 1.53. The maximum Gasteiger partial charge on any atom is 0.270 e. The number of nitrogens with zero attached hydrogens (tertiary/aromatic N) is 3. The van der Waals surface area contributed by atoms with E-state index in [9.17, 15) is 14.9 Å². The van der Waals surface area contributed by atoms with E-state index in [0.29, 0.717) is 5.69 Å². The lowest BCUT2D eigenvalue weighted by atomic mass is 10.1. The van der Waals surface area contributed by atoms with Gasteiger partial charge >= 0.3 is 0 Å². The van der Waals surface area contributed by atoms with Crippen LogP contribution in [0, 0.1) is 10.1 Å². The maximum atomic E-state index is 11.5. The van der Waals surface area contributed by atoms with Gasteiger partial charge in [-0.15, -0.1) is 0 Å². The average Bonchev–Trinajstić information content (AvgIpc) is 2.81. The van der Waals surface area contributed by atoms with Crippen LogP contribution in [-0.4, -0.2) is 20.5 Å². The van der Waals surface area contributed by atoms with Crippen molar-refractivity contribution in [1.29, 1.82) is 0 Å². The van der Waals surface area contributed by atoms with E-state index in [1.54, 1.807) is 18.5 Å². The van der Waals surface area contributed by atoms with E-state index >= 15 is 0 Å². The van der Waals surface area contributed by atoms with Gasteiger partial charge < -0.3 is 0 Å². The minimum absolute atomic E-state index is 0.105. The van der Waals surface area contributed by atoms with Crippen molar-refractivity contribution >= 4 is 11.5 Å². The smallest absolute Gasteiger partial charge is 0.270 e. The third-order valence-corrected chi connectivity index (χ3v) is 2.32. The third-order valence-electron chi connectivity index (χ3n) is 2.32. The van der Waals surface area contributed by atoms with Crippen molar-refractivity contribution < 1.29 is 9.72 Å². The third kappa shape index (κ3) is 2.05. The fraction of sp³-hybridized carbons (Fsp3) is 0.0909. The molecule has 1 aromatic heterocycles. The van der Waals surface area contributed by atoms with E-state index in [4.69, 9.17) is 0 Å². The van der Waals surface area contributed by atoms with Gasteiger partial charge in [-0.1, -0.05) is 0 Å². The lowest BCUT2D eigenvalue weighted by Gasteiger charge is -2.06. The molecule has 0 bridgehead atoms. The molecule has 0 aliphatic carbocycles. The Kier molecular flexibility index (Phi) is 2.70. The number of ketones is 1. The van der Waals surface area contributed by atoms with Gasteiger partial charge in [0.15, 0.2) is 5.78 Å². The van der Waals surface area contributed by atoms with Crippen LogP contribution in [0.25, 0.3) is 5.69 Å². The number of aromatic nitrogens is 2. The fourth-order valence-corrected chi connectivity index (χ4v) is 1.53. The SMILES string of the molecule is CC(=O)c1cc([N+](=O)[O-])ccc1-n1cccn1. The molecule has 2 rings (SSSR count). The van der Waals surface area contributed by atoms with Crippen molar-refractivity contribution in [3.8, 4) is 5.69 Å². The highest BCUT2D eigenvalue weighted by molar-refractivity contribution is 5.98. The normalized spacial score (nSPS) is 10.2. The minimum Gasteiger partial charge on any atom is -0.294 e. The second-order valence-corrected chi connectivity index (χ2v) is 3.47. The van der Waals surface area contributed by atoms with E-state index in [1.807, 2.05) is 0 Å². The van der Waals surface area contributed by atoms with Gasteiger partial charge in [0, 0.05) is 30.1 Å². The Morgan fingerprint density at radius 2 is 2.24 bits per heavy atom. The summed E-state index contributed by atoms with van der Waals surface area (Å²) in [6.07, 6.45) is 3.25. The van der Waals surface area contributed by atoms with Gasteiger partial charge in [0.25, 0.3) is 5.69 Å².